The molecule has 1 amide bonds. The highest BCUT2D eigenvalue weighted by molar-refractivity contribution is 7.99. The van der Waals surface area contributed by atoms with E-state index < -0.39 is 5.97 Å². The van der Waals surface area contributed by atoms with Gasteiger partial charge in [-0.05, 0) is 19.1 Å². The highest BCUT2D eigenvalue weighted by Crippen LogP contribution is 2.21. The van der Waals surface area contributed by atoms with E-state index in [0.29, 0.717) is 17.9 Å². The van der Waals surface area contributed by atoms with Gasteiger partial charge in [-0.3, -0.25) is 9.59 Å². The average molecular weight is 279 g/mol. The molecule has 1 aromatic rings. The number of hydrogen-bond donors (Lipinski definition) is 1. The fourth-order valence-electron chi connectivity index (χ4n) is 2.15. The first-order valence-electron chi connectivity index (χ1n) is 6.25. The molecule has 102 valence electrons. The van der Waals surface area contributed by atoms with E-state index in [1.54, 1.807) is 28.8 Å². The van der Waals surface area contributed by atoms with Crippen molar-refractivity contribution in [2.75, 3.05) is 18.1 Å². The Bertz CT molecular complexity index is 472. The standard InChI is InChI=1S/C14H17NO3S/c1-10-2-4-11(5-3-10)14(18)15-6-7-19-9-12(15)8-13(16)17/h2-5,12H,6-9H2,1H3,(H,16,17). The van der Waals surface area contributed by atoms with Crippen LogP contribution in [0.5, 0.6) is 0 Å². The zero-order valence-corrected chi connectivity index (χ0v) is 11.7. The lowest BCUT2D eigenvalue weighted by Crippen LogP contribution is -2.47. The maximum Gasteiger partial charge on any atom is 0.305 e. The van der Waals surface area contributed by atoms with E-state index in [1.807, 2.05) is 19.1 Å². The topological polar surface area (TPSA) is 57.6 Å². The molecule has 1 atom stereocenters. The summed E-state index contributed by atoms with van der Waals surface area (Å²) in [5.41, 5.74) is 1.74. The summed E-state index contributed by atoms with van der Waals surface area (Å²) in [7, 11) is 0. The van der Waals surface area contributed by atoms with Crippen molar-refractivity contribution in [3.63, 3.8) is 0 Å². The van der Waals surface area contributed by atoms with Crippen LogP contribution in [0, 0.1) is 6.92 Å². The van der Waals surface area contributed by atoms with E-state index in [2.05, 4.69) is 0 Å². The Labute approximate surface area is 116 Å². The maximum atomic E-state index is 12.4. The van der Waals surface area contributed by atoms with Crippen molar-refractivity contribution in [1.29, 1.82) is 0 Å². The Hall–Kier alpha value is -1.49. The number of carbonyl (C=O) groups is 2. The molecule has 0 bridgehead atoms. The van der Waals surface area contributed by atoms with Gasteiger partial charge in [0.2, 0.25) is 0 Å². The van der Waals surface area contributed by atoms with Crippen LogP contribution in [0.25, 0.3) is 0 Å². The molecule has 2 rings (SSSR count). The van der Waals surface area contributed by atoms with E-state index in [1.165, 1.54) is 0 Å². The van der Waals surface area contributed by atoms with Crippen LogP contribution in [0.2, 0.25) is 0 Å². The predicted octanol–water partition coefficient (Wildman–Crippen LogP) is 2.03. The highest BCUT2D eigenvalue weighted by atomic mass is 32.2. The van der Waals surface area contributed by atoms with Crippen molar-refractivity contribution >= 4 is 23.6 Å². The van der Waals surface area contributed by atoms with Crippen LogP contribution in [0.4, 0.5) is 0 Å². The molecule has 4 nitrogen and oxygen atoms in total. The zero-order valence-electron chi connectivity index (χ0n) is 10.8. The van der Waals surface area contributed by atoms with Gasteiger partial charge in [0.25, 0.3) is 5.91 Å². The molecule has 1 aromatic carbocycles. The van der Waals surface area contributed by atoms with Crippen LogP contribution in [-0.2, 0) is 4.79 Å². The van der Waals surface area contributed by atoms with Crippen LogP contribution in [0.15, 0.2) is 24.3 Å². The van der Waals surface area contributed by atoms with E-state index in [4.69, 9.17) is 5.11 Å². The maximum absolute atomic E-state index is 12.4. The zero-order chi connectivity index (χ0) is 13.8. The van der Waals surface area contributed by atoms with Gasteiger partial charge in [0.15, 0.2) is 0 Å². The van der Waals surface area contributed by atoms with Crippen molar-refractivity contribution in [3.05, 3.63) is 35.4 Å². The molecule has 1 saturated heterocycles. The number of carbonyl (C=O) groups excluding carboxylic acids is 1. The number of carboxylic acids is 1. The molecule has 1 N–H and O–H groups in total. The van der Waals surface area contributed by atoms with Gasteiger partial charge in [-0.2, -0.15) is 11.8 Å². The van der Waals surface area contributed by atoms with Crippen molar-refractivity contribution in [1.82, 2.24) is 4.90 Å². The van der Waals surface area contributed by atoms with Crippen molar-refractivity contribution in [2.45, 2.75) is 19.4 Å². The average Bonchev–Trinajstić information content (AvgIpc) is 2.39. The number of benzene rings is 1. The fourth-order valence-corrected chi connectivity index (χ4v) is 3.22. The highest BCUT2D eigenvalue weighted by Gasteiger charge is 2.29. The van der Waals surface area contributed by atoms with Gasteiger partial charge >= 0.3 is 5.97 Å². The second-order valence-corrected chi connectivity index (χ2v) is 5.84. The first kappa shape index (κ1) is 13.9. The van der Waals surface area contributed by atoms with Gasteiger partial charge in [-0.15, -0.1) is 0 Å². The second kappa shape index (κ2) is 6.10. The molecule has 1 fully saturated rings. The molecule has 0 saturated carbocycles. The second-order valence-electron chi connectivity index (χ2n) is 4.69. The first-order chi connectivity index (χ1) is 9.08. The van der Waals surface area contributed by atoms with E-state index in [9.17, 15) is 9.59 Å². The third-order valence-corrected chi connectivity index (χ3v) is 4.29. The third kappa shape index (κ3) is 3.50. The summed E-state index contributed by atoms with van der Waals surface area (Å²) < 4.78 is 0. The Morgan fingerprint density at radius 1 is 1.37 bits per heavy atom. The van der Waals surface area contributed by atoms with Crippen LogP contribution in [0.3, 0.4) is 0 Å². The van der Waals surface area contributed by atoms with Gasteiger partial charge < -0.3 is 10.0 Å². The largest absolute Gasteiger partial charge is 0.481 e. The third-order valence-electron chi connectivity index (χ3n) is 3.20. The Morgan fingerprint density at radius 2 is 2.05 bits per heavy atom. The quantitative estimate of drug-likeness (QED) is 0.919. The number of carboxylic acid groups (broad SMARTS) is 1. The summed E-state index contributed by atoms with van der Waals surface area (Å²) in [5, 5.41) is 8.93. The van der Waals surface area contributed by atoms with Gasteiger partial charge in [-0.1, -0.05) is 17.7 Å². The molecule has 1 aliphatic rings. The number of nitrogens with zero attached hydrogens (tertiary/aromatic N) is 1. The Balaban J connectivity index is 2.15. The molecule has 1 unspecified atom stereocenters. The molecular formula is C14H17NO3S. The van der Waals surface area contributed by atoms with Crippen LogP contribution in [0.1, 0.15) is 22.3 Å². The van der Waals surface area contributed by atoms with Crippen molar-refractivity contribution in [2.24, 2.45) is 0 Å². The van der Waals surface area contributed by atoms with E-state index in [0.717, 1.165) is 11.3 Å². The lowest BCUT2D eigenvalue weighted by atomic mass is 10.1. The smallest absolute Gasteiger partial charge is 0.305 e. The molecule has 1 heterocycles. The van der Waals surface area contributed by atoms with Crippen LogP contribution in [-0.4, -0.2) is 46.0 Å². The molecule has 0 spiro atoms. The first-order valence-corrected chi connectivity index (χ1v) is 7.40. The van der Waals surface area contributed by atoms with Gasteiger partial charge in [0, 0.05) is 23.6 Å². The number of thioether (sulfide) groups is 1. The Morgan fingerprint density at radius 3 is 2.68 bits per heavy atom. The lowest BCUT2D eigenvalue weighted by Gasteiger charge is -2.34. The Kier molecular flexibility index (Phi) is 4.47. The predicted molar refractivity (Wildman–Crippen MR) is 75.6 cm³/mol. The van der Waals surface area contributed by atoms with Gasteiger partial charge in [-0.25, -0.2) is 0 Å². The van der Waals surface area contributed by atoms with E-state index >= 15 is 0 Å². The number of amides is 1. The number of hydrogen-bond acceptors (Lipinski definition) is 3. The number of aryl methyl sites for hydroxylation is 1. The minimum atomic E-state index is -0.853. The SMILES string of the molecule is Cc1ccc(C(=O)N2CCSCC2CC(=O)O)cc1. The molecule has 5 heteroatoms. The van der Waals surface area contributed by atoms with Gasteiger partial charge in [0.05, 0.1) is 12.5 Å². The summed E-state index contributed by atoms with van der Waals surface area (Å²) in [6.07, 6.45) is 0.0185. The van der Waals surface area contributed by atoms with Crippen LogP contribution < -0.4 is 0 Å². The molecule has 0 aliphatic carbocycles. The van der Waals surface area contributed by atoms with Crippen molar-refractivity contribution < 1.29 is 14.7 Å². The van der Waals surface area contributed by atoms with Crippen molar-refractivity contribution in [3.8, 4) is 0 Å². The van der Waals surface area contributed by atoms with Crippen LogP contribution >= 0.6 is 11.8 Å². The molecule has 0 aromatic heterocycles. The summed E-state index contributed by atoms with van der Waals surface area (Å²) in [6.45, 7) is 2.59. The molecule has 0 radical (unpaired) electrons. The number of rotatable bonds is 3. The molecule has 19 heavy (non-hydrogen) atoms. The minimum absolute atomic E-state index is 0.0185. The lowest BCUT2D eigenvalue weighted by molar-refractivity contribution is -0.138. The minimum Gasteiger partial charge on any atom is -0.481 e. The summed E-state index contributed by atoms with van der Waals surface area (Å²) >= 11 is 1.71. The fraction of sp³-hybridized carbons (Fsp3) is 0.429. The summed E-state index contributed by atoms with van der Waals surface area (Å²) in [6, 6.07) is 7.20. The summed E-state index contributed by atoms with van der Waals surface area (Å²) in [4.78, 5) is 25.0. The monoisotopic (exact) mass is 279 g/mol. The number of aliphatic carboxylic acids is 1. The summed E-state index contributed by atoms with van der Waals surface area (Å²) in [5.74, 6) is 0.651. The molecule has 1 aliphatic heterocycles. The van der Waals surface area contributed by atoms with Gasteiger partial charge in [0.1, 0.15) is 0 Å². The van der Waals surface area contributed by atoms with E-state index in [-0.39, 0.29) is 18.4 Å². The normalized spacial score (nSPS) is 19.2. The molecular weight excluding hydrogens is 262 g/mol.